The maximum Gasteiger partial charge on any atom is 0.0401 e. The average molecular weight is 330 g/mol. The SMILES string of the molecule is CC1NC=C(C2C=CC(C3=CC=CNC3)=CC2)CC1c1ccccc1. The van der Waals surface area contributed by atoms with E-state index >= 15 is 0 Å². The van der Waals surface area contributed by atoms with Gasteiger partial charge in [0.15, 0.2) is 0 Å². The Morgan fingerprint density at radius 1 is 1.12 bits per heavy atom. The highest BCUT2D eigenvalue weighted by atomic mass is 14.9. The molecule has 0 saturated carbocycles. The van der Waals surface area contributed by atoms with Crippen LogP contribution in [0.5, 0.6) is 0 Å². The van der Waals surface area contributed by atoms with E-state index in [2.05, 4.69) is 84.5 Å². The van der Waals surface area contributed by atoms with E-state index in [1.54, 1.807) is 0 Å². The highest BCUT2D eigenvalue weighted by molar-refractivity contribution is 5.46. The van der Waals surface area contributed by atoms with Crippen LogP contribution in [-0.4, -0.2) is 12.6 Å². The third-order valence-electron chi connectivity index (χ3n) is 5.57. The van der Waals surface area contributed by atoms with Crippen LogP contribution in [0, 0.1) is 5.92 Å². The summed E-state index contributed by atoms with van der Waals surface area (Å²) in [7, 11) is 0. The van der Waals surface area contributed by atoms with Crippen molar-refractivity contribution < 1.29 is 0 Å². The standard InChI is InChI=1S/C23H26N2/c1-17-23(20-6-3-2-4-7-20)14-22(16-25-17)19-11-9-18(10-12-19)21-8-5-13-24-15-21/h2-11,13,16-17,19,23-25H,12,14-15H2,1H3. The minimum atomic E-state index is 0.482. The van der Waals surface area contributed by atoms with Gasteiger partial charge in [0.2, 0.25) is 0 Å². The topological polar surface area (TPSA) is 24.1 Å². The second kappa shape index (κ2) is 7.18. The molecule has 0 fully saturated rings. The van der Waals surface area contributed by atoms with Crippen molar-refractivity contribution in [3.8, 4) is 0 Å². The molecule has 2 aliphatic heterocycles. The van der Waals surface area contributed by atoms with Crippen LogP contribution in [0.1, 0.15) is 31.2 Å². The van der Waals surface area contributed by atoms with Crippen molar-refractivity contribution in [1.82, 2.24) is 10.6 Å². The molecule has 4 rings (SSSR count). The molecule has 1 aromatic carbocycles. The summed E-state index contributed by atoms with van der Waals surface area (Å²) in [6, 6.07) is 11.4. The second-order valence-corrected chi connectivity index (χ2v) is 7.19. The van der Waals surface area contributed by atoms with Gasteiger partial charge in [-0.2, -0.15) is 0 Å². The van der Waals surface area contributed by atoms with Crippen molar-refractivity contribution in [3.63, 3.8) is 0 Å². The molecule has 2 N–H and O–H groups in total. The Kier molecular flexibility index (Phi) is 4.60. The summed E-state index contributed by atoms with van der Waals surface area (Å²) in [6.45, 7) is 3.21. The zero-order chi connectivity index (χ0) is 17.1. The van der Waals surface area contributed by atoms with Gasteiger partial charge in [-0.3, -0.25) is 0 Å². The van der Waals surface area contributed by atoms with E-state index in [0.29, 0.717) is 17.9 Å². The molecular formula is C23H26N2. The Morgan fingerprint density at radius 3 is 2.72 bits per heavy atom. The van der Waals surface area contributed by atoms with E-state index < -0.39 is 0 Å². The van der Waals surface area contributed by atoms with E-state index in [0.717, 1.165) is 19.4 Å². The van der Waals surface area contributed by atoms with E-state index in [1.807, 2.05) is 6.20 Å². The molecule has 0 radical (unpaired) electrons. The fraction of sp³-hybridized carbons (Fsp3) is 0.304. The molecule has 0 bridgehead atoms. The van der Waals surface area contributed by atoms with Crippen molar-refractivity contribution in [2.45, 2.75) is 31.7 Å². The molecular weight excluding hydrogens is 304 g/mol. The Hall–Kier alpha value is -2.48. The summed E-state index contributed by atoms with van der Waals surface area (Å²) in [4.78, 5) is 0. The molecule has 25 heavy (non-hydrogen) atoms. The normalized spacial score (nSPS) is 28.4. The first-order chi connectivity index (χ1) is 12.3. The molecule has 2 heteroatoms. The van der Waals surface area contributed by atoms with Crippen LogP contribution in [0.2, 0.25) is 0 Å². The lowest BCUT2D eigenvalue weighted by molar-refractivity contribution is 0.458. The average Bonchev–Trinajstić information content (AvgIpc) is 2.70. The van der Waals surface area contributed by atoms with Gasteiger partial charge in [-0.25, -0.2) is 0 Å². The molecule has 3 atom stereocenters. The van der Waals surface area contributed by atoms with Gasteiger partial charge in [0.1, 0.15) is 0 Å². The fourth-order valence-electron chi connectivity index (χ4n) is 4.00. The molecule has 3 unspecified atom stereocenters. The van der Waals surface area contributed by atoms with Crippen LogP contribution in [0.15, 0.2) is 89.8 Å². The third kappa shape index (κ3) is 3.48. The number of hydrogen-bond donors (Lipinski definition) is 2. The molecule has 0 amide bonds. The molecule has 3 aliphatic rings. The van der Waals surface area contributed by atoms with Gasteiger partial charge in [-0.1, -0.05) is 54.6 Å². The molecule has 1 aliphatic carbocycles. The van der Waals surface area contributed by atoms with E-state index in [1.165, 1.54) is 22.3 Å². The quantitative estimate of drug-likeness (QED) is 0.847. The smallest absolute Gasteiger partial charge is 0.0401 e. The van der Waals surface area contributed by atoms with Crippen LogP contribution in [0.25, 0.3) is 0 Å². The van der Waals surface area contributed by atoms with Gasteiger partial charge in [-0.05, 0) is 60.5 Å². The van der Waals surface area contributed by atoms with Gasteiger partial charge >= 0.3 is 0 Å². The van der Waals surface area contributed by atoms with Crippen molar-refractivity contribution >= 4 is 0 Å². The lowest BCUT2D eigenvalue weighted by Gasteiger charge is -2.33. The van der Waals surface area contributed by atoms with Gasteiger partial charge in [0.25, 0.3) is 0 Å². The van der Waals surface area contributed by atoms with Crippen molar-refractivity contribution in [2.75, 3.05) is 6.54 Å². The van der Waals surface area contributed by atoms with Crippen LogP contribution in [-0.2, 0) is 0 Å². The third-order valence-corrected chi connectivity index (χ3v) is 5.57. The van der Waals surface area contributed by atoms with Crippen LogP contribution >= 0.6 is 0 Å². The summed E-state index contributed by atoms with van der Waals surface area (Å²) in [6.07, 6.45) is 17.9. The molecule has 0 aromatic heterocycles. The number of allylic oxidation sites excluding steroid dienone is 6. The lowest BCUT2D eigenvalue weighted by atomic mass is 9.78. The largest absolute Gasteiger partial charge is 0.388 e. The first kappa shape index (κ1) is 16.0. The summed E-state index contributed by atoms with van der Waals surface area (Å²) in [5, 5.41) is 6.90. The predicted octanol–water partition coefficient (Wildman–Crippen LogP) is 4.58. The summed E-state index contributed by atoms with van der Waals surface area (Å²) < 4.78 is 0. The van der Waals surface area contributed by atoms with E-state index in [9.17, 15) is 0 Å². The van der Waals surface area contributed by atoms with Crippen molar-refractivity contribution in [2.24, 2.45) is 5.92 Å². The number of benzene rings is 1. The van der Waals surface area contributed by atoms with Crippen LogP contribution < -0.4 is 10.6 Å². The Morgan fingerprint density at radius 2 is 2.00 bits per heavy atom. The van der Waals surface area contributed by atoms with Crippen LogP contribution in [0.3, 0.4) is 0 Å². The Labute approximate surface area is 150 Å². The van der Waals surface area contributed by atoms with E-state index in [4.69, 9.17) is 0 Å². The monoisotopic (exact) mass is 330 g/mol. The van der Waals surface area contributed by atoms with Gasteiger partial charge < -0.3 is 10.6 Å². The second-order valence-electron chi connectivity index (χ2n) is 7.19. The minimum absolute atomic E-state index is 0.482. The van der Waals surface area contributed by atoms with Gasteiger partial charge in [-0.15, -0.1) is 0 Å². The Balaban J connectivity index is 1.46. The molecule has 1 aromatic rings. The minimum Gasteiger partial charge on any atom is -0.388 e. The maximum absolute atomic E-state index is 3.61. The first-order valence-corrected chi connectivity index (χ1v) is 9.29. The molecule has 2 nitrogen and oxygen atoms in total. The number of hydrogen-bond acceptors (Lipinski definition) is 2. The molecule has 0 saturated heterocycles. The molecule has 0 spiro atoms. The zero-order valence-corrected chi connectivity index (χ0v) is 14.8. The predicted molar refractivity (Wildman–Crippen MR) is 105 cm³/mol. The highest BCUT2D eigenvalue weighted by Crippen LogP contribution is 2.36. The summed E-state index contributed by atoms with van der Waals surface area (Å²) >= 11 is 0. The van der Waals surface area contributed by atoms with E-state index in [-0.39, 0.29) is 0 Å². The lowest BCUT2D eigenvalue weighted by Crippen LogP contribution is -2.34. The number of dihydropyridines is 1. The Bertz CT molecular complexity index is 765. The number of nitrogens with one attached hydrogen (secondary N) is 2. The first-order valence-electron chi connectivity index (χ1n) is 9.29. The summed E-state index contributed by atoms with van der Waals surface area (Å²) in [5.41, 5.74) is 5.71. The molecule has 128 valence electrons. The molecule has 2 heterocycles. The van der Waals surface area contributed by atoms with Crippen molar-refractivity contribution in [1.29, 1.82) is 0 Å². The zero-order valence-electron chi connectivity index (χ0n) is 14.8. The highest BCUT2D eigenvalue weighted by Gasteiger charge is 2.27. The van der Waals surface area contributed by atoms with Crippen molar-refractivity contribution in [3.05, 3.63) is 95.4 Å². The summed E-state index contributed by atoms with van der Waals surface area (Å²) in [5.74, 6) is 1.07. The van der Waals surface area contributed by atoms with Gasteiger partial charge in [0, 0.05) is 24.4 Å². The van der Waals surface area contributed by atoms with Gasteiger partial charge in [0.05, 0.1) is 0 Å². The maximum atomic E-state index is 3.61. The van der Waals surface area contributed by atoms with Crippen LogP contribution in [0.4, 0.5) is 0 Å². The number of rotatable bonds is 3. The fourth-order valence-corrected chi connectivity index (χ4v) is 4.00.